The molecule has 0 spiro atoms. The molecule has 0 saturated carbocycles. The first-order chi connectivity index (χ1) is 8.86. The lowest BCUT2D eigenvalue weighted by Gasteiger charge is -2.06. The van der Waals surface area contributed by atoms with Gasteiger partial charge in [0.15, 0.2) is 0 Å². The van der Waals surface area contributed by atoms with Crippen LogP contribution in [0.2, 0.25) is 5.02 Å². The van der Waals surface area contributed by atoms with Crippen molar-refractivity contribution in [3.8, 4) is 0 Å². The molecule has 8 heteroatoms. The molecule has 0 fully saturated rings. The number of nitrogens with two attached hydrogens (primary N) is 1. The van der Waals surface area contributed by atoms with Crippen LogP contribution in [0.25, 0.3) is 0 Å². The van der Waals surface area contributed by atoms with Gasteiger partial charge in [-0.05, 0) is 30.3 Å². The zero-order valence-corrected chi connectivity index (χ0v) is 11.1. The summed E-state index contributed by atoms with van der Waals surface area (Å²) in [4.78, 5) is 0. The average molecular weight is 305 g/mol. The lowest BCUT2D eigenvalue weighted by atomic mass is 10.3. The highest BCUT2D eigenvalue weighted by molar-refractivity contribution is 7.89. The van der Waals surface area contributed by atoms with Crippen LogP contribution in [-0.2, 0) is 16.6 Å². The van der Waals surface area contributed by atoms with Crippen molar-refractivity contribution >= 4 is 27.3 Å². The van der Waals surface area contributed by atoms with Gasteiger partial charge in [-0.25, -0.2) is 17.9 Å². The van der Waals surface area contributed by atoms with E-state index in [9.17, 15) is 12.8 Å². The summed E-state index contributed by atoms with van der Waals surface area (Å²) in [6.45, 7) is 0.104. The zero-order valence-electron chi connectivity index (χ0n) is 9.56. The molecule has 102 valence electrons. The largest absolute Gasteiger partial charge is 0.446 e. The van der Waals surface area contributed by atoms with Crippen molar-refractivity contribution in [1.82, 2.24) is 0 Å². The molecule has 5 nitrogen and oxygen atoms in total. The van der Waals surface area contributed by atoms with Crippen LogP contribution < -0.4 is 10.5 Å². The van der Waals surface area contributed by atoms with E-state index in [-0.39, 0.29) is 17.3 Å². The number of nitrogens with one attached hydrogen (secondary N) is 1. The van der Waals surface area contributed by atoms with Gasteiger partial charge in [-0.15, -0.1) is 0 Å². The van der Waals surface area contributed by atoms with Crippen molar-refractivity contribution < 1.29 is 17.2 Å². The highest BCUT2D eigenvalue weighted by Gasteiger charge is 2.13. The normalized spacial score (nSPS) is 11.5. The fraction of sp³-hybridized carbons (Fsp3) is 0.0909. The number of primary sulfonamides is 1. The number of hydrogen-bond acceptors (Lipinski definition) is 4. The Morgan fingerprint density at radius 2 is 2.05 bits per heavy atom. The fourth-order valence-corrected chi connectivity index (χ4v) is 2.07. The first kappa shape index (κ1) is 13.9. The summed E-state index contributed by atoms with van der Waals surface area (Å²) in [7, 11) is -3.87. The average Bonchev–Trinajstić information content (AvgIpc) is 2.79. The first-order valence-electron chi connectivity index (χ1n) is 5.17. The quantitative estimate of drug-likeness (QED) is 0.908. The van der Waals surface area contributed by atoms with E-state index in [0.717, 1.165) is 0 Å². The third-order valence-corrected chi connectivity index (χ3v) is 3.31. The summed E-state index contributed by atoms with van der Waals surface area (Å²) in [5.74, 6) is -0.161. The number of halogens is 2. The molecule has 0 bridgehead atoms. The van der Waals surface area contributed by atoms with E-state index in [0.29, 0.717) is 10.8 Å². The second kappa shape index (κ2) is 5.20. The smallest absolute Gasteiger partial charge is 0.271 e. The van der Waals surface area contributed by atoms with Crippen molar-refractivity contribution in [2.45, 2.75) is 11.6 Å². The van der Waals surface area contributed by atoms with Crippen molar-refractivity contribution in [3.05, 3.63) is 46.9 Å². The molecule has 2 rings (SSSR count). The molecule has 0 amide bonds. The van der Waals surface area contributed by atoms with Crippen LogP contribution in [0.4, 0.5) is 10.1 Å². The Labute approximate surface area is 114 Å². The molecular weight excluding hydrogens is 295 g/mol. The van der Waals surface area contributed by atoms with E-state index in [2.05, 4.69) is 5.32 Å². The summed E-state index contributed by atoms with van der Waals surface area (Å²) in [6.07, 6.45) is 0. The summed E-state index contributed by atoms with van der Waals surface area (Å²) >= 11 is 5.74. The van der Waals surface area contributed by atoms with Gasteiger partial charge in [-0.2, -0.15) is 0 Å². The van der Waals surface area contributed by atoms with Gasteiger partial charge in [0.2, 0.25) is 5.09 Å². The van der Waals surface area contributed by atoms with Crippen LogP contribution in [0.3, 0.4) is 0 Å². The van der Waals surface area contributed by atoms with Gasteiger partial charge in [-0.3, -0.25) is 0 Å². The second-order valence-corrected chi connectivity index (χ2v) is 5.67. The molecule has 0 unspecified atom stereocenters. The predicted molar refractivity (Wildman–Crippen MR) is 68.8 cm³/mol. The van der Waals surface area contributed by atoms with Gasteiger partial charge in [0.25, 0.3) is 10.0 Å². The monoisotopic (exact) mass is 304 g/mol. The maximum Gasteiger partial charge on any atom is 0.271 e. The molecule has 0 aliphatic rings. The van der Waals surface area contributed by atoms with Gasteiger partial charge < -0.3 is 9.73 Å². The van der Waals surface area contributed by atoms with Crippen molar-refractivity contribution in [2.24, 2.45) is 5.14 Å². The number of benzene rings is 1. The van der Waals surface area contributed by atoms with E-state index < -0.39 is 15.8 Å². The lowest BCUT2D eigenvalue weighted by molar-refractivity contribution is 0.419. The highest BCUT2D eigenvalue weighted by atomic mass is 35.5. The Bertz CT molecular complexity index is 700. The summed E-state index contributed by atoms with van der Waals surface area (Å²) in [6, 6.07) is 6.74. The molecule has 3 N–H and O–H groups in total. The van der Waals surface area contributed by atoms with E-state index in [1.807, 2.05) is 0 Å². The molecule has 1 heterocycles. The molecule has 0 aliphatic heterocycles. The van der Waals surface area contributed by atoms with Gasteiger partial charge in [-0.1, -0.05) is 11.6 Å². The highest BCUT2D eigenvalue weighted by Crippen LogP contribution is 2.21. The number of anilines is 1. The molecule has 1 aromatic carbocycles. The third kappa shape index (κ3) is 3.46. The molecule has 19 heavy (non-hydrogen) atoms. The molecule has 0 radical (unpaired) electrons. The van der Waals surface area contributed by atoms with Gasteiger partial charge >= 0.3 is 0 Å². The van der Waals surface area contributed by atoms with Crippen molar-refractivity contribution in [1.29, 1.82) is 0 Å². The van der Waals surface area contributed by atoms with Crippen molar-refractivity contribution in [2.75, 3.05) is 5.32 Å². The fourth-order valence-electron chi connectivity index (χ4n) is 1.42. The maximum absolute atomic E-state index is 13.4. The van der Waals surface area contributed by atoms with Crippen LogP contribution in [0.15, 0.2) is 39.8 Å². The van der Waals surface area contributed by atoms with Gasteiger partial charge in [0, 0.05) is 5.02 Å². The van der Waals surface area contributed by atoms with E-state index in [1.165, 1.54) is 30.3 Å². The number of sulfonamides is 1. The minimum atomic E-state index is -3.87. The number of furan rings is 1. The molecule has 0 atom stereocenters. The molecule has 1 aromatic heterocycles. The molecule has 0 aliphatic carbocycles. The zero-order chi connectivity index (χ0) is 14.0. The lowest BCUT2D eigenvalue weighted by Crippen LogP contribution is -2.10. The maximum atomic E-state index is 13.4. The van der Waals surface area contributed by atoms with Gasteiger partial charge in [0.05, 0.1) is 12.2 Å². The topological polar surface area (TPSA) is 85.3 Å². The number of rotatable bonds is 4. The van der Waals surface area contributed by atoms with Crippen LogP contribution in [0.5, 0.6) is 0 Å². The van der Waals surface area contributed by atoms with Crippen LogP contribution >= 0.6 is 11.6 Å². The molecular formula is C11H10ClFN2O3S. The first-order valence-corrected chi connectivity index (χ1v) is 7.09. The third-order valence-electron chi connectivity index (χ3n) is 2.30. The van der Waals surface area contributed by atoms with Crippen LogP contribution in [0, 0.1) is 5.82 Å². The predicted octanol–water partition coefficient (Wildman–Crippen LogP) is 2.33. The Balaban J connectivity index is 2.11. The Kier molecular flexibility index (Phi) is 3.79. The summed E-state index contributed by atoms with van der Waals surface area (Å²) in [5, 5.41) is 7.69. The van der Waals surface area contributed by atoms with E-state index >= 15 is 0 Å². The standard InChI is InChI=1S/C11H10ClFN2O3S/c12-7-1-3-9(13)10(5-7)15-6-8-2-4-11(18-8)19(14,16)17/h1-5,15H,6H2,(H2,14,16,17). The Morgan fingerprint density at radius 1 is 1.32 bits per heavy atom. The minimum absolute atomic E-state index is 0.104. The number of hydrogen-bond donors (Lipinski definition) is 2. The van der Waals surface area contributed by atoms with Crippen LogP contribution in [0.1, 0.15) is 5.76 Å². The van der Waals surface area contributed by atoms with E-state index in [1.54, 1.807) is 0 Å². The summed E-state index contributed by atoms with van der Waals surface area (Å²) < 4.78 is 40.4. The second-order valence-electron chi connectivity index (χ2n) is 3.74. The Hall–Kier alpha value is -1.57. The van der Waals surface area contributed by atoms with Gasteiger partial charge in [0.1, 0.15) is 11.6 Å². The van der Waals surface area contributed by atoms with E-state index in [4.69, 9.17) is 21.2 Å². The summed E-state index contributed by atoms with van der Waals surface area (Å²) in [5.41, 5.74) is 0.195. The van der Waals surface area contributed by atoms with Crippen LogP contribution in [-0.4, -0.2) is 8.42 Å². The SMILES string of the molecule is NS(=O)(=O)c1ccc(CNc2cc(Cl)ccc2F)o1. The van der Waals surface area contributed by atoms with Crippen molar-refractivity contribution in [3.63, 3.8) is 0 Å². The molecule has 2 aromatic rings. The minimum Gasteiger partial charge on any atom is -0.446 e. The Morgan fingerprint density at radius 3 is 2.68 bits per heavy atom. The molecule has 0 saturated heterocycles.